The van der Waals surface area contributed by atoms with Crippen molar-refractivity contribution in [1.82, 2.24) is 4.90 Å². The van der Waals surface area contributed by atoms with E-state index in [9.17, 15) is 0 Å². The van der Waals surface area contributed by atoms with Crippen LogP contribution in [0.4, 0.5) is 0 Å². The SMILES string of the molecule is Cc1ccccc1OCC(CCN)N1CCCCC1. The van der Waals surface area contributed by atoms with Crippen LogP contribution >= 0.6 is 0 Å². The normalized spacial score (nSPS) is 18.2. The predicted octanol–water partition coefficient (Wildman–Crippen LogP) is 2.58. The van der Waals surface area contributed by atoms with Crippen molar-refractivity contribution < 1.29 is 4.74 Å². The Morgan fingerprint density at radius 2 is 1.95 bits per heavy atom. The molecule has 0 amide bonds. The van der Waals surface area contributed by atoms with Gasteiger partial charge in [-0.3, -0.25) is 4.90 Å². The molecule has 0 aliphatic carbocycles. The molecule has 1 fully saturated rings. The van der Waals surface area contributed by atoms with Gasteiger partial charge < -0.3 is 10.5 Å². The highest BCUT2D eigenvalue weighted by molar-refractivity contribution is 5.31. The smallest absolute Gasteiger partial charge is 0.122 e. The van der Waals surface area contributed by atoms with Crippen LogP contribution in [-0.4, -0.2) is 37.2 Å². The third kappa shape index (κ3) is 4.22. The Hall–Kier alpha value is -1.06. The van der Waals surface area contributed by atoms with Crippen molar-refractivity contribution in [3.8, 4) is 5.75 Å². The van der Waals surface area contributed by atoms with Gasteiger partial charge in [-0.05, 0) is 57.5 Å². The van der Waals surface area contributed by atoms with Crippen molar-refractivity contribution >= 4 is 0 Å². The standard InChI is InChI=1S/C16H26N2O/c1-14-7-3-4-8-16(14)19-13-15(9-10-17)18-11-5-2-6-12-18/h3-4,7-8,15H,2,5-6,9-13,17H2,1H3. The molecule has 1 unspecified atom stereocenters. The second-order valence-electron chi connectivity index (χ2n) is 5.40. The highest BCUT2D eigenvalue weighted by atomic mass is 16.5. The van der Waals surface area contributed by atoms with Crippen LogP contribution in [-0.2, 0) is 0 Å². The minimum absolute atomic E-state index is 0.463. The van der Waals surface area contributed by atoms with E-state index in [-0.39, 0.29) is 0 Å². The molecule has 106 valence electrons. The fraction of sp³-hybridized carbons (Fsp3) is 0.625. The summed E-state index contributed by atoms with van der Waals surface area (Å²) >= 11 is 0. The van der Waals surface area contributed by atoms with Crippen molar-refractivity contribution in [3.05, 3.63) is 29.8 Å². The van der Waals surface area contributed by atoms with Gasteiger partial charge in [-0.25, -0.2) is 0 Å². The second-order valence-corrected chi connectivity index (χ2v) is 5.40. The molecule has 1 heterocycles. The molecule has 2 N–H and O–H groups in total. The van der Waals surface area contributed by atoms with Crippen LogP contribution in [0.25, 0.3) is 0 Å². The maximum Gasteiger partial charge on any atom is 0.122 e. The number of nitrogens with two attached hydrogens (primary N) is 1. The Bertz CT molecular complexity index is 375. The third-order valence-electron chi connectivity index (χ3n) is 3.93. The van der Waals surface area contributed by atoms with Crippen molar-refractivity contribution in [2.75, 3.05) is 26.2 Å². The van der Waals surface area contributed by atoms with Gasteiger partial charge in [0, 0.05) is 6.04 Å². The first-order valence-corrected chi connectivity index (χ1v) is 7.44. The zero-order chi connectivity index (χ0) is 13.5. The molecule has 0 saturated carbocycles. The zero-order valence-electron chi connectivity index (χ0n) is 12.0. The molecule has 19 heavy (non-hydrogen) atoms. The molecular formula is C16H26N2O. The third-order valence-corrected chi connectivity index (χ3v) is 3.93. The van der Waals surface area contributed by atoms with Crippen LogP contribution in [0.15, 0.2) is 24.3 Å². The quantitative estimate of drug-likeness (QED) is 0.856. The van der Waals surface area contributed by atoms with Gasteiger partial charge in [0.05, 0.1) is 0 Å². The van der Waals surface area contributed by atoms with Gasteiger partial charge in [0.2, 0.25) is 0 Å². The van der Waals surface area contributed by atoms with Gasteiger partial charge in [-0.1, -0.05) is 24.6 Å². The Kier molecular flexibility index (Phi) is 5.67. The Morgan fingerprint density at radius 1 is 1.21 bits per heavy atom. The zero-order valence-corrected chi connectivity index (χ0v) is 12.0. The molecule has 0 radical (unpaired) electrons. The van der Waals surface area contributed by atoms with Crippen molar-refractivity contribution in [1.29, 1.82) is 0 Å². The first-order chi connectivity index (χ1) is 9.31. The predicted molar refractivity (Wildman–Crippen MR) is 79.6 cm³/mol. The molecule has 1 saturated heterocycles. The lowest BCUT2D eigenvalue weighted by Crippen LogP contribution is -2.43. The summed E-state index contributed by atoms with van der Waals surface area (Å²) in [5.74, 6) is 1.00. The maximum atomic E-state index is 6.01. The summed E-state index contributed by atoms with van der Waals surface area (Å²) in [6.45, 7) is 5.97. The first kappa shape index (κ1) is 14.4. The van der Waals surface area contributed by atoms with E-state index in [2.05, 4.69) is 17.9 Å². The van der Waals surface area contributed by atoms with Crippen molar-refractivity contribution in [3.63, 3.8) is 0 Å². The number of ether oxygens (including phenoxy) is 1. The number of aryl methyl sites for hydroxylation is 1. The summed E-state index contributed by atoms with van der Waals surface area (Å²) in [6, 6.07) is 8.68. The lowest BCUT2D eigenvalue weighted by molar-refractivity contribution is 0.109. The molecule has 2 rings (SSSR count). The van der Waals surface area contributed by atoms with E-state index in [1.54, 1.807) is 0 Å². The van der Waals surface area contributed by atoms with Crippen LogP contribution in [0.3, 0.4) is 0 Å². The van der Waals surface area contributed by atoms with Crippen LogP contribution in [0, 0.1) is 6.92 Å². The average molecular weight is 262 g/mol. The molecule has 3 heteroatoms. The lowest BCUT2D eigenvalue weighted by Gasteiger charge is -2.34. The molecule has 1 atom stereocenters. The number of nitrogens with zero attached hydrogens (tertiary/aromatic N) is 1. The van der Waals surface area contributed by atoms with E-state index in [1.165, 1.54) is 37.9 Å². The van der Waals surface area contributed by atoms with Gasteiger partial charge in [-0.15, -0.1) is 0 Å². The second kappa shape index (κ2) is 7.51. The van der Waals surface area contributed by atoms with Crippen LogP contribution in [0.5, 0.6) is 5.75 Å². The molecule has 1 aliphatic rings. The molecule has 0 aromatic heterocycles. The highest BCUT2D eigenvalue weighted by Crippen LogP contribution is 2.19. The van der Waals surface area contributed by atoms with Crippen LogP contribution < -0.4 is 10.5 Å². The lowest BCUT2D eigenvalue weighted by atomic mass is 10.1. The summed E-state index contributed by atoms with van der Waals surface area (Å²) in [7, 11) is 0. The minimum Gasteiger partial charge on any atom is -0.492 e. The van der Waals surface area contributed by atoms with E-state index in [1.807, 2.05) is 18.2 Å². The molecular weight excluding hydrogens is 236 g/mol. The molecule has 3 nitrogen and oxygen atoms in total. The maximum absolute atomic E-state index is 6.01. The average Bonchev–Trinajstić information content (AvgIpc) is 2.46. The minimum atomic E-state index is 0.463. The van der Waals surface area contributed by atoms with E-state index < -0.39 is 0 Å². The topological polar surface area (TPSA) is 38.5 Å². The first-order valence-electron chi connectivity index (χ1n) is 7.44. The fourth-order valence-electron chi connectivity index (χ4n) is 2.75. The number of benzene rings is 1. The summed E-state index contributed by atoms with van der Waals surface area (Å²) < 4.78 is 6.01. The van der Waals surface area contributed by atoms with E-state index in [0.29, 0.717) is 6.04 Å². The molecule has 0 bridgehead atoms. The number of para-hydroxylation sites is 1. The number of piperidine rings is 1. The summed E-state index contributed by atoms with van der Waals surface area (Å²) in [6.07, 6.45) is 5.01. The summed E-state index contributed by atoms with van der Waals surface area (Å²) in [4.78, 5) is 2.55. The number of rotatable bonds is 6. The van der Waals surface area contributed by atoms with Crippen LogP contribution in [0.2, 0.25) is 0 Å². The molecule has 1 aliphatic heterocycles. The Morgan fingerprint density at radius 3 is 2.63 bits per heavy atom. The molecule has 0 spiro atoms. The Labute approximate surface area is 116 Å². The van der Waals surface area contributed by atoms with E-state index >= 15 is 0 Å². The van der Waals surface area contributed by atoms with Gasteiger partial charge in [-0.2, -0.15) is 0 Å². The van der Waals surface area contributed by atoms with Crippen LogP contribution in [0.1, 0.15) is 31.2 Å². The van der Waals surface area contributed by atoms with Gasteiger partial charge in [0.15, 0.2) is 0 Å². The summed E-state index contributed by atoms with van der Waals surface area (Å²) in [5, 5.41) is 0. The highest BCUT2D eigenvalue weighted by Gasteiger charge is 2.20. The molecule has 1 aromatic carbocycles. The monoisotopic (exact) mass is 262 g/mol. The fourth-order valence-corrected chi connectivity index (χ4v) is 2.75. The van der Waals surface area contributed by atoms with Gasteiger partial charge in [0.25, 0.3) is 0 Å². The number of likely N-dealkylation sites (tertiary alicyclic amines) is 1. The summed E-state index contributed by atoms with van der Waals surface area (Å²) in [5.41, 5.74) is 6.95. The van der Waals surface area contributed by atoms with Gasteiger partial charge in [0.1, 0.15) is 12.4 Å². The number of hydrogen-bond acceptors (Lipinski definition) is 3. The Balaban J connectivity index is 1.91. The molecule has 1 aromatic rings. The number of hydrogen-bond donors (Lipinski definition) is 1. The van der Waals surface area contributed by atoms with Crippen molar-refractivity contribution in [2.45, 2.75) is 38.6 Å². The van der Waals surface area contributed by atoms with Gasteiger partial charge >= 0.3 is 0 Å². The largest absolute Gasteiger partial charge is 0.492 e. The van der Waals surface area contributed by atoms with E-state index in [4.69, 9.17) is 10.5 Å². The van der Waals surface area contributed by atoms with E-state index in [0.717, 1.165) is 25.3 Å². The van der Waals surface area contributed by atoms with Crippen molar-refractivity contribution in [2.24, 2.45) is 5.73 Å².